The summed E-state index contributed by atoms with van der Waals surface area (Å²) in [6, 6.07) is 7.52. The number of aryl methyl sites for hydroxylation is 1. The van der Waals surface area contributed by atoms with Gasteiger partial charge in [0.2, 0.25) is 0 Å². The molecule has 0 saturated carbocycles. The Morgan fingerprint density at radius 2 is 2.03 bits per heavy atom. The fourth-order valence-corrected chi connectivity index (χ4v) is 4.01. The molecule has 0 spiro atoms. The standard InChI is InChI=1S/C23H25N9O4/c1-12-7-13(9-25-8-12)19-29-20(27-10-14-5-3-4-6-26-14)15-21(30-19)32(11-28-15)23-17(34)16(33)18(36-23)22(35)31-24-2/h3-9,11,16-18,23-24,33-34H,10H2,1-2H3,(H,31,35)(H,27,29,30)/t16-,17+,18-,23+/m0/s1. The number of ether oxygens (including phenoxy) is 1. The Kier molecular flexibility index (Phi) is 6.52. The summed E-state index contributed by atoms with van der Waals surface area (Å²) in [5.41, 5.74) is 8.04. The van der Waals surface area contributed by atoms with Gasteiger partial charge in [0.05, 0.1) is 18.6 Å². The van der Waals surface area contributed by atoms with E-state index in [-0.39, 0.29) is 0 Å². The van der Waals surface area contributed by atoms with E-state index in [0.29, 0.717) is 34.9 Å². The lowest BCUT2D eigenvalue weighted by molar-refractivity contribution is -0.138. The number of hydrazine groups is 1. The Morgan fingerprint density at radius 1 is 1.17 bits per heavy atom. The number of hydrogen-bond donors (Lipinski definition) is 5. The molecule has 0 aromatic carbocycles. The van der Waals surface area contributed by atoms with Crippen molar-refractivity contribution in [3.63, 3.8) is 0 Å². The normalized spacial score (nSPS) is 21.6. The van der Waals surface area contributed by atoms with Gasteiger partial charge in [-0.1, -0.05) is 6.07 Å². The van der Waals surface area contributed by atoms with E-state index in [2.05, 4.69) is 41.1 Å². The Labute approximate surface area is 205 Å². The summed E-state index contributed by atoms with van der Waals surface area (Å²) in [5, 5.41) is 24.4. The predicted octanol–water partition coefficient (Wildman–Crippen LogP) is 0.0736. The highest BCUT2D eigenvalue weighted by atomic mass is 16.6. The number of fused-ring (bicyclic) bond motifs is 1. The van der Waals surface area contributed by atoms with E-state index in [4.69, 9.17) is 4.74 Å². The van der Waals surface area contributed by atoms with E-state index in [9.17, 15) is 15.0 Å². The largest absolute Gasteiger partial charge is 0.387 e. The number of aromatic nitrogens is 6. The van der Waals surface area contributed by atoms with Crippen LogP contribution in [0, 0.1) is 6.92 Å². The van der Waals surface area contributed by atoms with E-state index in [1.165, 1.54) is 17.9 Å². The van der Waals surface area contributed by atoms with Gasteiger partial charge in [-0.3, -0.25) is 24.8 Å². The van der Waals surface area contributed by atoms with Crippen molar-refractivity contribution in [2.24, 2.45) is 0 Å². The number of aliphatic hydroxyl groups is 2. The molecule has 13 nitrogen and oxygen atoms in total. The minimum absolute atomic E-state index is 0.343. The van der Waals surface area contributed by atoms with E-state index < -0.39 is 30.4 Å². The lowest BCUT2D eigenvalue weighted by Gasteiger charge is -2.17. The lowest BCUT2D eigenvalue weighted by Crippen LogP contribution is -2.46. The second-order valence-corrected chi connectivity index (χ2v) is 8.31. The second kappa shape index (κ2) is 9.91. The molecule has 1 aliphatic rings. The third kappa shape index (κ3) is 4.47. The highest BCUT2D eigenvalue weighted by Crippen LogP contribution is 2.33. The SMILES string of the molecule is CNNC(=O)[C@H]1O[C@@H](n2cnc3c(NCc4ccccn4)nc(-c4cncc(C)c4)nc32)[C@H](O)[C@@H]1O. The topological polar surface area (TPSA) is 172 Å². The van der Waals surface area contributed by atoms with Crippen molar-refractivity contribution in [2.45, 2.75) is 38.0 Å². The van der Waals surface area contributed by atoms with Crippen molar-refractivity contribution >= 4 is 22.9 Å². The lowest BCUT2D eigenvalue weighted by atomic mass is 10.1. The number of nitrogens with one attached hydrogen (secondary N) is 3. The van der Waals surface area contributed by atoms with Crippen molar-refractivity contribution in [1.29, 1.82) is 0 Å². The molecule has 5 N–H and O–H groups in total. The molecule has 1 amide bonds. The fraction of sp³-hybridized carbons (Fsp3) is 0.304. The van der Waals surface area contributed by atoms with Crippen molar-refractivity contribution in [3.8, 4) is 11.4 Å². The van der Waals surface area contributed by atoms with Crippen molar-refractivity contribution in [3.05, 3.63) is 60.4 Å². The van der Waals surface area contributed by atoms with Crippen LogP contribution in [0.5, 0.6) is 0 Å². The van der Waals surface area contributed by atoms with Gasteiger partial charge in [-0.05, 0) is 30.7 Å². The first-order valence-electron chi connectivity index (χ1n) is 11.2. The van der Waals surface area contributed by atoms with Gasteiger partial charge in [-0.25, -0.2) is 20.4 Å². The van der Waals surface area contributed by atoms with E-state index >= 15 is 0 Å². The van der Waals surface area contributed by atoms with Gasteiger partial charge < -0.3 is 20.3 Å². The molecular formula is C23H25N9O4. The van der Waals surface area contributed by atoms with Crippen molar-refractivity contribution < 1.29 is 19.7 Å². The smallest absolute Gasteiger partial charge is 0.266 e. The van der Waals surface area contributed by atoms with Crippen LogP contribution in [0.15, 0.2) is 49.2 Å². The Morgan fingerprint density at radius 3 is 2.78 bits per heavy atom. The molecule has 5 heterocycles. The summed E-state index contributed by atoms with van der Waals surface area (Å²) in [5.74, 6) is 0.203. The zero-order valence-corrected chi connectivity index (χ0v) is 19.5. The van der Waals surface area contributed by atoms with E-state index in [0.717, 1.165) is 11.3 Å². The number of carbonyl (C=O) groups is 1. The maximum absolute atomic E-state index is 12.3. The molecule has 0 unspecified atom stereocenters. The number of hydrogen-bond acceptors (Lipinski definition) is 11. The van der Waals surface area contributed by atoms with Gasteiger partial charge >= 0.3 is 0 Å². The van der Waals surface area contributed by atoms with Crippen LogP contribution in [-0.4, -0.2) is 71.0 Å². The summed E-state index contributed by atoms with van der Waals surface area (Å²) in [4.78, 5) is 34.7. The Hall–Kier alpha value is -4.04. The first-order valence-corrected chi connectivity index (χ1v) is 11.2. The quantitative estimate of drug-likeness (QED) is 0.222. The molecular weight excluding hydrogens is 466 g/mol. The van der Waals surface area contributed by atoms with Gasteiger partial charge in [0.1, 0.15) is 12.2 Å². The molecule has 13 heteroatoms. The number of nitrogens with zero attached hydrogens (tertiary/aromatic N) is 6. The maximum Gasteiger partial charge on any atom is 0.266 e. The molecule has 1 aliphatic heterocycles. The van der Waals surface area contributed by atoms with E-state index in [1.54, 1.807) is 18.6 Å². The van der Waals surface area contributed by atoms with Crippen LogP contribution in [0.3, 0.4) is 0 Å². The zero-order chi connectivity index (χ0) is 25.2. The number of amides is 1. The van der Waals surface area contributed by atoms with Crippen molar-refractivity contribution in [1.82, 2.24) is 40.3 Å². The molecule has 4 aromatic rings. The van der Waals surface area contributed by atoms with Gasteiger partial charge in [-0.15, -0.1) is 0 Å². The van der Waals surface area contributed by atoms with Gasteiger partial charge in [0.15, 0.2) is 35.1 Å². The number of carbonyl (C=O) groups excluding carboxylic acids is 1. The average molecular weight is 492 g/mol. The molecule has 0 bridgehead atoms. The summed E-state index contributed by atoms with van der Waals surface area (Å²) < 4.78 is 7.24. The van der Waals surface area contributed by atoms with Crippen LogP contribution in [0.2, 0.25) is 0 Å². The molecule has 4 aromatic heterocycles. The summed E-state index contributed by atoms with van der Waals surface area (Å²) in [7, 11) is 1.51. The number of rotatable bonds is 7. The second-order valence-electron chi connectivity index (χ2n) is 8.31. The zero-order valence-electron chi connectivity index (χ0n) is 19.5. The first-order chi connectivity index (χ1) is 17.5. The van der Waals surface area contributed by atoms with Gasteiger partial charge in [0.25, 0.3) is 5.91 Å². The summed E-state index contributed by atoms with van der Waals surface area (Å²) in [6.07, 6.45) is 1.26. The molecule has 1 fully saturated rings. The first kappa shape index (κ1) is 23.7. The van der Waals surface area contributed by atoms with Gasteiger partial charge in [0, 0.05) is 31.2 Å². The maximum atomic E-state index is 12.3. The minimum atomic E-state index is -1.45. The monoisotopic (exact) mass is 491 g/mol. The molecule has 186 valence electrons. The molecule has 1 saturated heterocycles. The molecule has 5 rings (SSSR count). The van der Waals surface area contributed by atoms with Crippen molar-refractivity contribution in [2.75, 3.05) is 12.4 Å². The van der Waals surface area contributed by atoms with Crippen LogP contribution >= 0.6 is 0 Å². The van der Waals surface area contributed by atoms with Crippen LogP contribution in [0.1, 0.15) is 17.5 Å². The number of pyridine rings is 2. The fourth-order valence-electron chi connectivity index (χ4n) is 4.01. The Balaban J connectivity index is 1.56. The van der Waals surface area contributed by atoms with Crippen LogP contribution in [0.4, 0.5) is 5.82 Å². The van der Waals surface area contributed by atoms with Crippen LogP contribution in [-0.2, 0) is 16.1 Å². The van der Waals surface area contributed by atoms with Crippen LogP contribution in [0.25, 0.3) is 22.6 Å². The molecule has 0 radical (unpaired) electrons. The third-order valence-corrected chi connectivity index (χ3v) is 5.74. The number of imidazole rings is 1. The highest BCUT2D eigenvalue weighted by Gasteiger charge is 2.47. The highest BCUT2D eigenvalue weighted by molar-refractivity contribution is 5.85. The number of aliphatic hydroxyl groups excluding tert-OH is 2. The minimum Gasteiger partial charge on any atom is -0.387 e. The Bertz CT molecular complexity index is 1380. The predicted molar refractivity (Wildman–Crippen MR) is 128 cm³/mol. The number of anilines is 1. The third-order valence-electron chi connectivity index (χ3n) is 5.74. The summed E-state index contributed by atoms with van der Waals surface area (Å²) >= 11 is 0. The summed E-state index contributed by atoms with van der Waals surface area (Å²) in [6.45, 7) is 2.30. The molecule has 0 aliphatic carbocycles. The average Bonchev–Trinajstić information content (AvgIpc) is 3.44. The van der Waals surface area contributed by atoms with Crippen LogP contribution < -0.4 is 16.2 Å². The van der Waals surface area contributed by atoms with Gasteiger partial charge in [-0.2, -0.15) is 0 Å². The molecule has 4 atom stereocenters. The molecule has 36 heavy (non-hydrogen) atoms. The van der Waals surface area contributed by atoms with E-state index in [1.807, 2.05) is 31.2 Å².